The Bertz CT molecular complexity index is 1400. The Morgan fingerprint density at radius 1 is 1.00 bits per heavy atom. The number of sulfonamides is 1. The molecular weight excluding hydrogens is 570 g/mol. The first kappa shape index (κ1) is 31.3. The van der Waals surface area contributed by atoms with Gasteiger partial charge in [-0.2, -0.15) is 0 Å². The molecule has 0 bridgehead atoms. The Morgan fingerprint density at radius 2 is 1.65 bits per heavy atom. The van der Waals surface area contributed by atoms with Gasteiger partial charge in [0.05, 0.1) is 17.2 Å². The molecule has 40 heavy (non-hydrogen) atoms. The van der Waals surface area contributed by atoms with Crippen molar-refractivity contribution in [2.75, 3.05) is 30.8 Å². The van der Waals surface area contributed by atoms with Crippen molar-refractivity contribution in [1.82, 2.24) is 10.2 Å². The number of nitrogens with one attached hydrogen (secondary N) is 1. The zero-order chi connectivity index (χ0) is 29.3. The smallest absolute Gasteiger partial charge is 0.264 e. The molecular formula is C29H34ClN3O5S2. The van der Waals surface area contributed by atoms with Crippen molar-refractivity contribution >= 4 is 50.9 Å². The van der Waals surface area contributed by atoms with Gasteiger partial charge in [0.2, 0.25) is 11.8 Å². The lowest BCUT2D eigenvalue weighted by atomic mass is 10.1. The number of nitrogens with zero attached hydrogens (tertiary/aromatic N) is 2. The molecule has 0 fully saturated rings. The van der Waals surface area contributed by atoms with Crippen LogP contribution in [0.25, 0.3) is 0 Å². The summed E-state index contributed by atoms with van der Waals surface area (Å²) < 4.78 is 34.9. The fourth-order valence-corrected chi connectivity index (χ4v) is 6.16. The number of rotatable bonds is 13. The molecule has 0 aliphatic rings. The number of hydrogen-bond donors (Lipinski definition) is 1. The van der Waals surface area contributed by atoms with Gasteiger partial charge in [0.1, 0.15) is 18.3 Å². The first-order valence-corrected chi connectivity index (χ1v) is 15.8. The van der Waals surface area contributed by atoms with Crippen molar-refractivity contribution in [1.29, 1.82) is 0 Å². The Balaban J connectivity index is 2.10. The largest absolute Gasteiger partial charge is 0.492 e. The molecule has 0 saturated carbocycles. The van der Waals surface area contributed by atoms with E-state index < -0.39 is 28.5 Å². The number of carbonyl (C=O) groups is 2. The molecule has 1 N–H and O–H groups in total. The van der Waals surface area contributed by atoms with Crippen LogP contribution in [0, 0.1) is 0 Å². The van der Waals surface area contributed by atoms with Gasteiger partial charge in [-0.25, -0.2) is 8.42 Å². The monoisotopic (exact) mass is 603 g/mol. The van der Waals surface area contributed by atoms with E-state index in [1.807, 2.05) is 6.26 Å². The number of ether oxygens (including phenoxy) is 1. The molecule has 0 radical (unpaired) electrons. The number of hydrogen-bond acceptors (Lipinski definition) is 6. The molecule has 0 aliphatic heterocycles. The Morgan fingerprint density at radius 3 is 2.23 bits per heavy atom. The van der Waals surface area contributed by atoms with Crippen LogP contribution in [0.1, 0.15) is 25.8 Å². The summed E-state index contributed by atoms with van der Waals surface area (Å²) >= 11 is 7.54. The first-order chi connectivity index (χ1) is 19.2. The van der Waals surface area contributed by atoms with Crippen molar-refractivity contribution in [2.24, 2.45) is 0 Å². The zero-order valence-corrected chi connectivity index (χ0v) is 25.4. The number of thioether (sulfide) groups is 1. The van der Waals surface area contributed by atoms with E-state index in [2.05, 4.69) is 5.32 Å². The number of carbonyl (C=O) groups excluding carboxylic acids is 2. The van der Waals surface area contributed by atoms with Gasteiger partial charge in [0, 0.05) is 23.5 Å². The maximum absolute atomic E-state index is 14.1. The second-order valence-corrected chi connectivity index (χ2v) is 12.0. The molecule has 3 rings (SSSR count). The van der Waals surface area contributed by atoms with Crippen LogP contribution in [0.15, 0.2) is 82.6 Å². The van der Waals surface area contributed by atoms with Crippen molar-refractivity contribution in [3.63, 3.8) is 0 Å². The molecule has 0 heterocycles. The molecule has 1 atom stereocenters. The maximum Gasteiger partial charge on any atom is 0.264 e. The standard InChI is InChI=1S/C29H34ClN3O5S2/c1-5-25(29(35)31-3)32(19-21-11-13-22(30)14-12-21)28(34)20-33(26-9-7-8-10-27(26)38-6-2)40(36,37)24-17-15-23(39-4)16-18-24/h7-18,25H,5-6,19-20H2,1-4H3,(H,31,35). The van der Waals surface area contributed by atoms with Gasteiger partial charge < -0.3 is 15.0 Å². The van der Waals surface area contributed by atoms with E-state index in [0.717, 1.165) is 14.8 Å². The molecule has 0 aromatic heterocycles. The lowest BCUT2D eigenvalue weighted by Gasteiger charge is -2.33. The fourth-order valence-electron chi connectivity index (χ4n) is 4.20. The second-order valence-electron chi connectivity index (χ2n) is 8.77. The van der Waals surface area contributed by atoms with Gasteiger partial charge in [0.15, 0.2) is 0 Å². The first-order valence-electron chi connectivity index (χ1n) is 12.8. The van der Waals surface area contributed by atoms with Gasteiger partial charge in [-0.3, -0.25) is 13.9 Å². The van der Waals surface area contributed by atoms with Crippen LogP contribution in [-0.4, -0.2) is 57.6 Å². The Kier molecular flexibility index (Phi) is 11.3. The average Bonchev–Trinajstić information content (AvgIpc) is 2.97. The topological polar surface area (TPSA) is 96.0 Å². The predicted molar refractivity (Wildman–Crippen MR) is 161 cm³/mol. The highest BCUT2D eigenvalue weighted by atomic mass is 35.5. The Labute approximate surface area is 245 Å². The quantitative estimate of drug-likeness (QED) is 0.270. The van der Waals surface area contributed by atoms with Crippen molar-refractivity contribution in [3.8, 4) is 5.75 Å². The summed E-state index contributed by atoms with van der Waals surface area (Å²) in [5.41, 5.74) is 0.975. The predicted octanol–water partition coefficient (Wildman–Crippen LogP) is 5.21. The SMILES string of the molecule is CCOc1ccccc1N(CC(=O)N(Cc1ccc(Cl)cc1)C(CC)C(=O)NC)S(=O)(=O)c1ccc(SC)cc1. The van der Waals surface area contributed by atoms with Crippen molar-refractivity contribution in [3.05, 3.63) is 83.4 Å². The lowest BCUT2D eigenvalue weighted by molar-refractivity contribution is -0.140. The summed E-state index contributed by atoms with van der Waals surface area (Å²) in [6.07, 6.45) is 2.23. The highest BCUT2D eigenvalue weighted by Crippen LogP contribution is 2.33. The maximum atomic E-state index is 14.1. The highest BCUT2D eigenvalue weighted by Gasteiger charge is 2.34. The van der Waals surface area contributed by atoms with Gasteiger partial charge in [0.25, 0.3) is 10.0 Å². The number of benzene rings is 3. The second kappa shape index (κ2) is 14.4. The highest BCUT2D eigenvalue weighted by molar-refractivity contribution is 7.98. The van der Waals surface area contributed by atoms with Gasteiger partial charge in [-0.05, 0) is 73.7 Å². The van der Waals surface area contributed by atoms with Crippen LogP contribution < -0.4 is 14.4 Å². The minimum atomic E-state index is -4.21. The number of halogens is 1. The van der Waals surface area contributed by atoms with E-state index in [1.54, 1.807) is 74.5 Å². The number of para-hydroxylation sites is 2. The Hall–Kier alpha value is -3.21. The summed E-state index contributed by atoms with van der Waals surface area (Å²) in [6.45, 7) is 3.45. The summed E-state index contributed by atoms with van der Waals surface area (Å²) in [6, 6.07) is 19.3. The lowest BCUT2D eigenvalue weighted by Crippen LogP contribution is -2.51. The van der Waals surface area contributed by atoms with Crippen LogP contribution >= 0.6 is 23.4 Å². The van der Waals surface area contributed by atoms with Gasteiger partial charge in [-0.15, -0.1) is 11.8 Å². The van der Waals surface area contributed by atoms with Gasteiger partial charge in [-0.1, -0.05) is 42.8 Å². The third-order valence-electron chi connectivity index (χ3n) is 6.26. The molecule has 11 heteroatoms. The summed E-state index contributed by atoms with van der Waals surface area (Å²) in [7, 11) is -2.70. The summed E-state index contributed by atoms with van der Waals surface area (Å²) in [5.74, 6) is -0.563. The van der Waals surface area contributed by atoms with E-state index in [-0.39, 0.29) is 23.0 Å². The number of likely N-dealkylation sites (N-methyl/N-ethyl adjacent to an activating group) is 1. The normalized spacial score (nSPS) is 11.9. The van der Waals surface area contributed by atoms with E-state index >= 15 is 0 Å². The van der Waals surface area contributed by atoms with Crippen molar-refractivity contribution in [2.45, 2.75) is 42.6 Å². The molecule has 8 nitrogen and oxygen atoms in total. The van der Waals surface area contributed by atoms with E-state index in [9.17, 15) is 18.0 Å². The molecule has 1 unspecified atom stereocenters. The minimum Gasteiger partial charge on any atom is -0.492 e. The number of anilines is 1. The molecule has 2 amide bonds. The molecule has 3 aromatic carbocycles. The van der Waals surface area contributed by atoms with E-state index in [1.165, 1.54) is 35.8 Å². The summed E-state index contributed by atoms with van der Waals surface area (Å²) in [5, 5.41) is 3.16. The fraction of sp³-hybridized carbons (Fsp3) is 0.310. The van der Waals surface area contributed by atoms with Crippen LogP contribution in [0.2, 0.25) is 5.02 Å². The van der Waals surface area contributed by atoms with Gasteiger partial charge >= 0.3 is 0 Å². The van der Waals surface area contributed by atoms with Crippen LogP contribution in [0.4, 0.5) is 5.69 Å². The summed E-state index contributed by atoms with van der Waals surface area (Å²) in [4.78, 5) is 29.2. The molecule has 3 aromatic rings. The third-order valence-corrected chi connectivity index (χ3v) is 9.03. The van der Waals surface area contributed by atoms with Crippen molar-refractivity contribution < 1.29 is 22.7 Å². The molecule has 0 spiro atoms. The molecule has 214 valence electrons. The molecule has 0 aliphatic carbocycles. The minimum absolute atomic E-state index is 0.0343. The molecule has 0 saturated heterocycles. The number of amides is 2. The third kappa shape index (κ3) is 7.50. The van der Waals surface area contributed by atoms with Crippen LogP contribution in [-0.2, 0) is 26.2 Å². The van der Waals surface area contributed by atoms with Crippen LogP contribution in [0.3, 0.4) is 0 Å². The van der Waals surface area contributed by atoms with Crippen LogP contribution in [0.5, 0.6) is 5.75 Å². The van der Waals surface area contributed by atoms with E-state index in [0.29, 0.717) is 23.8 Å². The van der Waals surface area contributed by atoms with E-state index in [4.69, 9.17) is 16.3 Å². The average molecular weight is 604 g/mol. The zero-order valence-electron chi connectivity index (χ0n) is 23.0.